The number of hydrogen-bond donors (Lipinski definition) is 3. The van der Waals surface area contributed by atoms with Crippen LogP contribution in [0.1, 0.15) is 20.8 Å². The molecule has 1 aromatic rings. The molecule has 0 radical (unpaired) electrons. The van der Waals surface area contributed by atoms with Crippen molar-refractivity contribution in [2.45, 2.75) is 26.8 Å². The molecule has 1 heterocycles. The predicted molar refractivity (Wildman–Crippen MR) is 64.4 cm³/mol. The lowest BCUT2D eigenvalue weighted by Gasteiger charge is -2.17. The van der Waals surface area contributed by atoms with Gasteiger partial charge in [-0.25, -0.2) is 10.8 Å². The van der Waals surface area contributed by atoms with E-state index in [0.717, 1.165) is 6.20 Å². The Hall–Kier alpha value is -1.96. The fourth-order valence-electron chi connectivity index (χ4n) is 1.07. The summed E-state index contributed by atoms with van der Waals surface area (Å²) in [6, 6.07) is 0.0502. The second-order valence-electron chi connectivity index (χ2n) is 4.01. The van der Waals surface area contributed by atoms with E-state index in [4.69, 9.17) is 5.84 Å². The summed E-state index contributed by atoms with van der Waals surface area (Å²) in [6.07, 6.45) is 1.12. The Labute approximate surface area is 98.8 Å². The van der Waals surface area contributed by atoms with Crippen molar-refractivity contribution < 1.29 is 4.92 Å². The van der Waals surface area contributed by atoms with Gasteiger partial charge in [0.15, 0.2) is 0 Å². The van der Waals surface area contributed by atoms with Crippen molar-refractivity contribution in [3.63, 3.8) is 0 Å². The van der Waals surface area contributed by atoms with Crippen molar-refractivity contribution in [3.05, 3.63) is 16.3 Å². The van der Waals surface area contributed by atoms with Crippen LogP contribution in [0, 0.1) is 16.0 Å². The number of rotatable bonds is 5. The van der Waals surface area contributed by atoms with Gasteiger partial charge >= 0.3 is 5.69 Å². The first-order valence-corrected chi connectivity index (χ1v) is 5.20. The Morgan fingerprint density at radius 3 is 2.59 bits per heavy atom. The summed E-state index contributed by atoms with van der Waals surface area (Å²) in [7, 11) is 0. The maximum atomic E-state index is 10.8. The van der Waals surface area contributed by atoms with Crippen molar-refractivity contribution >= 4 is 17.5 Å². The number of anilines is 2. The number of hydrazine groups is 1. The maximum absolute atomic E-state index is 10.8. The third kappa shape index (κ3) is 3.25. The first-order valence-electron chi connectivity index (χ1n) is 5.20. The fourth-order valence-corrected chi connectivity index (χ4v) is 1.07. The molecule has 8 heteroatoms. The molecule has 1 aromatic heterocycles. The lowest BCUT2D eigenvalue weighted by atomic mass is 10.1. The van der Waals surface area contributed by atoms with Crippen LogP contribution in [-0.4, -0.2) is 20.9 Å². The number of nitro groups is 1. The molecule has 0 aliphatic carbocycles. The largest absolute Gasteiger partial charge is 0.361 e. The Kier molecular flexibility index (Phi) is 4.16. The molecule has 1 rings (SSSR count). The molecule has 0 fully saturated rings. The highest BCUT2D eigenvalue weighted by Crippen LogP contribution is 2.23. The molecule has 0 spiro atoms. The van der Waals surface area contributed by atoms with Gasteiger partial charge in [-0.1, -0.05) is 13.8 Å². The van der Waals surface area contributed by atoms with Crippen molar-refractivity contribution in [2.24, 2.45) is 11.8 Å². The molecule has 0 bridgehead atoms. The van der Waals surface area contributed by atoms with E-state index in [2.05, 4.69) is 20.7 Å². The average molecular weight is 240 g/mol. The van der Waals surface area contributed by atoms with Crippen molar-refractivity contribution in [2.75, 3.05) is 10.7 Å². The minimum Gasteiger partial charge on any atom is -0.361 e. The molecule has 0 saturated heterocycles. The summed E-state index contributed by atoms with van der Waals surface area (Å²) >= 11 is 0. The summed E-state index contributed by atoms with van der Waals surface area (Å²) in [5.41, 5.74) is 2.08. The molecule has 0 saturated carbocycles. The molecule has 0 aliphatic rings. The van der Waals surface area contributed by atoms with Crippen LogP contribution in [0.15, 0.2) is 6.20 Å². The number of hydrogen-bond acceptors (Lipinski definition) is 7. The van der Waals surface area contributed by atoms with Crippen molar-refractivity contribution in [1.82, 2.24) is 9.97 Å². The van der Waals surface area contributed by atoms with Crippen LogP contribution in [-0.2, 0) is 0 Å². The van der Waals surface area contributed by atoms with Gasteiger partial charge in [-0.2, -0.15) is 4.98 Å². The standard InChI is InChI=1S/C9H16N6O2/c1-5(2)6(3)12-8-7(15(16)17)4-11-9(13-8)14-10/h4-6H,10H2,1-3H3,(H2,11,12,13,14). The SMILES string of the molecule is CC(C)C(C)Nc1nc(NN)ncc1[N+](=O)[O-]. The number of nitrogen functional groups attached to an aromatic ring is 1. The van der Waals surface area contributed by atoms with Crippen LogP contribution < -0.4 is 16.6 Å². The van der Waals surface area contributed by atoms with Gasteiger partial charge in [0.05, 0.1) is 4.92 Å². The van der Waals surface area contributed by atoms with Gasteiger partial charge in [0.2, 0.25) is 11.8 Å². The molecular formula is C9H16N6O2. The van der Waals surface area contributed by atoms with Crippen LogP contribution >= 0.6 is 0 Å². The van der Waals surface area contributed by atoms with Gasteiger partial charge < -0.3 is 5.32 Å². The Bertz CT molecular complexity index is 408. The lowest BCUT2D eigenvalue weighted by Crippen LogP contribution is -2.23. The Morgan fingerprint density at radius 1 is 1.47 bits per heavy atom. The van der Waals surface area contributed by atoms with Crippen LogP contribution in [0.3, 0.4) is 0 Å². The summed E-state index contributed by atoms with van der Waals surface area (Å²) < 4.78 is 0. The van der Waals surface area contributed by atoms with E-state index in [1.807, 2.05) is 20.8 Å². The summed E-state index contributed by atoms with van der Waals surface area (Å²) in [5.74, 6) is 5.78. The summed E-state index contributed by atoms with van der Waals surface area (Å²) in [5, 5.41) is 13.8. The van der Waals surface area contributed by atoms with E-state index in [-0.39, 0.29) is 23.5 Å². The van der Waals surface area contributed by atoms with E-state index in [1.54, 1.807) is 0 Å². The zero-order chi connectivity index (χ0) is 13.0. The number of nitrogens with zero attached hydrogens (tertiary/aromatic N) is 3. The zero-order valence-corrected chi connectivity index (χ0v) is 9.97. The van der Waals surface area contributed by atoms with Gasteiger partial charge in [0.1, 0.15) is 6.20 Å². The third-order valence-electron chi connectivity index (χ3n) is 2.46. The molecule has 1 atom stereocenters. The van der Waals surface area contributed by atoms with E-state index >= 15 is 0 Å². The van der Waals surface area contributed by atoms with Gasteiger partial charge in [-0.05, 0) is 12.8 Å². The number of nitrogens with two attached hydrogens (primary N) is 1. The highest BCUT2D eigenvalue weighted by molar-refractivity contribution is 5.57. The van der Waals surface area contributed by atoms with Gasteiger partial charge in [0, 0.05) is 6.04 Å². The van der Waals surface area contributed by atoms with E-state index < -0.39 is 4.92 Å². The van der Waals surface area contributed by atoms with Crippen LogP contribution in [0.25, 0.3) is 0 Å². The normalized spacial score (nSPS) is 12.3. The van der Waals surface area contributed by atoms with E-state index in [9.17, 15) is 10.1 Å². The fraction of sp³-hybridized carbons (Fsp3) is 0.556. The van der Waals surface area contributed by atoms with Crippen molar-refractivity contribution in [1.29, 1.82) is 0 Å². The predicted octanol–water partition coefficient (Wildman–Crippen LogP) is 1.13. The van der Waals surface area contributed by atoms with Gasteiger partial charge in [-0.3, -0.25) is 15.5 Å². The topological polar surface area (TPSA) is 119 Å². The Balaban J connectivity index is 3.05. The zero-order valence-electron chi connectivity index (χ0n) is 9.97. The second kappa shape index (κ2) is 5.39. The molecule has 8 nitrogen and oxygen atoms in total. The van der Waals surface area contributed by atoms with Gasteiger partial charge in [0.25, 0.3) is 0 Å². The number of aromatic nitrogens is 2. The van der Waals surface area contributed by atoms with Crippen LogP contribution in [0.5, 0.6) is 0 Å². The highest BCUT2D eigenvalue weighted by atomic mass is 16.6. The van der Waals surface area contributed by atoms with Gasteiger partial charge in [-0.15, -0.1) is 0 Å². The molecule has 0 aliphatic heterocycles. The Morgan fingerprint density at radius 2 is 2.12 bits per heavy atom. The second-order valence-corrected chi connectivity index (χ2v) is 4.01. The quantitative estimate of drug-likeness (QED) is 0.401. The van der Waals surface area contributed by atoms with E-state index in [0.29, 0.717) is 5.92 Å². The molecule has 1 unspecified atom stereocenters. The summed E-state index contributed by atoms with van der Waals surface area (Å²) in [6.45, 7) is 5.94. The lowest BCUT2D eigenvalue weighted by molar-refractivity contribution is -0.384. The monoisotopic (exact) mass is 240 g/mol. The molecule has 17 heavy (non-hydrogen) atoms. The third-order valence-corrected chi connectivity index (χ3v) is 2.46. The van der Waals surface area contributed by atoms with Crippen LogP contribution in [0.2, 0.25) is 0 Å². The molecule has 0 aromatic carbocycles. The highest BCUT2D eigenvalue weighted by Gasteiger charge is 2.19. The average Bonchev–Trinajstić information content (AvgIpc) is 2.28. The smallest absolute Gasteiger partial charge is 0.329 e. The summed E-state index contributed by atoms with van der Waals surface area (Å²) in [4.78, 5) is 17.9. The molecule has 0 amide bonds. The van der Waals surface area contributed by atoms with E-state index in [1.165, 1.54) is 0 Å². The first kappa shape index (κ1) is 13.1. The minimum absolute atomic E-state index is 0.0502. The molecule has 4 N–H and O–H groups in total. The van der Waals surface area contributed by atoms with Crippen molar-refractivity contribution in [3.8, 4) is 0 Å². The van der Waals surface area contributed by atoms with Crippen LogP contribution in [0.4, 0.5) is 17.5 Å². The number of nitrogens with one attached hydrogen (secondary N) is 2. The molecular weight excluding hydrogens is 224 g/mol. The maximum Gasteiger partial charge on any atom is 0.329 e. The first-order chi connectivity index (χ1) is 7.95. The minimum atomic E-state index is -0.532. The molecule has 94 valence electrons.